The lowest BCUT2D eigenvalue weighted by Gasteiger charge is -2.29. The second kappa shape index (κ2) is 3.48. The molecule has 2 aliphatic heterocycles. The van der Waals surface area contributed by atoms with Crippen LogP contribution in [0.1, 0.15) is 18.0 Å². The van der Waals surface area contributed by atoms with Gasteiger partial charge in [0, 0.05) is 17.5 Å². The Kier molecular flexibility index (Phi) is 1.91. The molecule has 2 aromatic rings. The monoisotopic (exact) mass is 249 g/mol. The van der Waals surface area contributed by atoms with Crippen LogP contribution < -0.4 is 5.32 Å². The number of hydrogen-bond donors (Lipinski definition) is 1. The minimum atomic E-state index is -0.597. The molecule has 0 saturated heterocycles. The van der Waals surface area contributed by atoms with Crippen LogP contribution in [0.15, 0.2) is 30.3 Å². The lowest BCUT2D eigenvalue weighted by molar-refractivity contribution is -0.119. The fraction of sp³-hybridized carbons (Fsp3) is 0.200. The minimum absolute atomic E-state index is 0.0360. The number of rotatable bonds is 0. The Morgan fingerprint density at radius 3 is 3.05 bits per heavy atom. The molecular weight excluding hydrogens is 238 g/mol. The molecule has 0 radical (unpaired) electrons. The van der Waals surface area contributed by atoms with Crippen LogP contribution >= 0.6 is 0 Å². The smallest absolute Gasteiger partial charge is 0.242 e. The summed E-state index contributed by atoms with van der Waals surface area (Å²) in [5, 5.41) is 13.2. The Morgan fingerprint density at radius 2 is 2.21 bits per heavy atom. The summed E-state index contributed by atoms with van der Waals surface area (Å²) in [4.78, 5) is 12.1. The molecule has 19 heavy (non-hydrogen) atoms. The zero-order valence-corrected chi connectivity index (χ0v) is 10.1. The van der Waals surface area contributed by atoms with Crippen molar-refractivity contribution >= 4 is 28.7 Å². The molecule has 0 spiro atoms. The molecule has 92 valence electrons. The van der Waals surface area contributed by atoms with Crippen LogP contribution in [0.2, 0.25) is 0 Å². The van der Waals surface area contributed by atoms with Gasteiger partial charge in [0.25, 0.3) is 0 Å². The fourth-order valence-corrected chi connectivity index (χ4v) is 3.19. The second-order valence-electron chi connectivity index (χ2n) is 4.97. The molecule has 0 saturated carbocycles. The number of fused-ring (bicyclic) bond motifs is 3. The quantitative estimate of drug-likeness (QED) is 0.780. The number of amides is 1. The van der Waals surface area contributed by atoms with Crippen LogP contribution in [-0.4, -0.2) is 10.5 Å². The average molecular weight is 249 g/mol. The van der Waals surface area contributed by atoms with Crippen LogP contribution in [0.5, 0.6) is 0 Å². The number of carbonyl (C=O) groups excluding carboxylic acids is 1. The highest BCUT2D eigenvalue weighted by Gasteiger charge is 2.40. The zero-order valence-electron chi connectivity index (χ0n) is 10.1. The summed E-state index contributed by atoms with van der Waals surface area (Å²) >= 11 is 0. The van der Waals surface area contributed by atoms with Gasteiger partial charge in [-0.1, -0.05) is 24.3 Å². The van der Waals surface area contributed by atoms with E-state index in [-0.39, 0.29) is 11.8 Å². The number of anilines is 1. The van der Waals surface area contributed by atoms with Crippen LogP contribution in [0.25, 0.3) is 17.1 Å². The summed E-state index contributed by atoms with van der Waals surface area (Å²) in [7, 11) is 0. The number of nitrogens with zero attached hydrogens (tertiary/aromatic N) is 2. The summed E-state index contributed by atoms with van der Waals surface area (Å²) in [6.45, 7) is 0. The Hall–Kier alpha value is -2.54. The van der Waals surface area contributed by atoms with Gasteiger partial charge in [0.1, 0.15) is 5.92 Å². The molecule has 1 aromatic heterocycles. The number of hydrogen-bond acceptors (Lipinski definition) is 2. The van der Waals surface area contributed by atoms with E-state index in [0.29, 0.717) is 0 Å². The van der Waals surface area contributed by atoms with Crippen LogP contribution in [0, 0.1) is 17.2 Å². The van der Waals surface area contributed by atoms with Gasteiger partial charge in [-0.3, -0.25) is 4.79 Å². The van der Waals surface area contributed by atoms with E-state index >= 15 is 0 Å². The largest absolute Gasteiger partial charge is 0.323 e. The van der Waals surface area contributed by atoms with Gasteiger partial charge in [-0.15, -0.1) is 0 Å². The number of para-hydroxylation sites is 1. The van der Waals surface area contributed by atoms with Gasteiger partial charge >= 0.3 is 0 Å². The molecule has 4 rings (SSSR count). The lowest BCUT2D eigenvalue weighted by Crippen LogP contribution is -2.33. The standard InChI is InChI=1S/C15H11N3O/c16-8-11-9-5-3-7-18-12-6-2-1-4-10(12)13(14(9)18)17-15(11)19/h1-4,6-7,9,11H,5H2,(H,17,19). The third kappa shape index (κ3) is 1.19. The maximum absolute atomic E-state index is 12.1. The molecule has 2 aliphatic rings. The van der Waals surface area contributed by atoms with E-state index in [4.69, 9.17) is 0 Å². The molecule has 4 heteroatoms. The number of carbonyl (C=O) groups is 1. The highest BCUT2D eigenvalue weighted by molar-refractivity contribution is 6.08. The Bertz CT molecular complexity index is 779. The van der Waals surface area contributed by atoms with Gasteiger partial charge in [0.2, 0.25) is 5.91 Å². The molecule has 2 unspecified atom stereocenters. The lowest BCUT2D eigenvalue weighted by atomic mass is 9.82. The van der Waals surface area contributed by atoms with Gasteiger partial charge in [0.05, 0.1) is 23.0 Å². The van der Waals surface area contributed by atoms with E-state index in [1.54, 1.807) is 0 Å². The Balaban J connectivity index is 2.11. The van der Waals surface area contributed by atoms with Crippen molar-refractivity contribution < 1.29 is 4.79 Å². The van der Waals surface area contributed by atoms with E-state index in [0.717, 1.165) is 28.7 Å². The SMILES string of the molecule is N#CC1C(=O)Nc2c3n(c4ccccc24)C=CCC31. The van der Waals surface area contributed by atoms with Crippen molar-refractivity contribution in [1.82, 2.24) is 4.57 Å². The maximum atomic E-state index is 12.1. The summed E-state index contributed by atoms with van der Waals surface area (Å²) in [6, 6.07) is 10.1. The van der Waals surface area contributed by atoms with Crippen molar-refractivity contribution in [3.8, 4) is 6.07 Å². The zero-order chi connectivity index (χ0) is 13.0. The molecule has 1 amide bonds. The van der Waals surface area contributed by atoms with Gasteiger partial charge in [-0.2, -0.15) is 5.26 Å². The van der Waals surface area contributed by atoms with Crippen molar-refractivity contribution in [2.24, 2.45) is 5.92 Å². The van der Waals surface area contributed by atoms with Gasteiger partial charge in [0.15, 0.2) is 0 Å². The highest BCUT2D eigenvalue weighted by atomic mass is 16.2. The first-order chi connectivity index (χ1) is 9.31. The molecule has 0 fully saturated rings. The summed E-state index contributed by atoms with van der Waals surface area (Å²) in [6.07, 6.45) is 4.81. The van der Waals surface area contributed by atoms with Crippen LogP contribution in [0.3, 0.4) is 0 Å². The highest BCUT2D eigenvalue weighted by Crippen LogP contribution is 2.45. The number of allylic oxidation sites excluding steroid dienone is 1. The summed E-state index contributed by atoms with van der Waals surface area (Å²) < 4.78 is 2.10. The van der Waals surface area contributed by atoms with E-state index in [9.17, 15) is 10.1 Å². The molecule has 1 aromatic carbocycles. The third-order valence-corrected chi connectivity index (χ3v) is 4.02. The number of nitriles is 1. The van der Waals surface area contributed by atoms with E-state index in [1.165, 1.54) is 0 Å². The van der Waals surface area contributed by atoms with Crippen molar-refractivity contribution in [2.45, 2.75) is 12.3 Å². The first-order valence-electron chi connectivity index (χ1n) is 6.31. The molecular formula is C15H11N3O. The van der Waals surface area contributed by atoms with E-state index in [2.05, 4.69) is 16.0 Å². The normalized spacial score (nSPS) is 23.8. The Morgan fingerprint density at radius 1 is 1.37 bits per heavy atom. The van der Waals surface area contributed by atoms with Crippen LogP contribution in [0.4, 0.5) is 5.69 Å². The number of nitrogens with one attached hydrogen (secondary N) is 1. The predicted molar refractivity (Wildman–Crippen MR) is 72.4 cm³/mol. The number of benzene rings is 1. The summed E-state index contributed by atoms with van der Waals surface area (Å²) in [5.74, 6) is -0.815. The molecule has 4 nitrogen and oxygen atoms in total. The van der Waals surface area contributed by atoms with Crippen molar-refractivity contribution in [1.29, 1.82) is 5.26 Å². The predicted octanol–water partition coefficient (Wildman–Crippen LogP) is 2.69. The Labute approximate surface area is 109 Å². The van der Waals surface area contributed by atoms with Gasteiger partial charge in [-0.25, -0.2) is 0 Å². The van der Waals surface area contributed by atoms with E-state index in [1.807, 2.05) is 36.5 Å². The van der Waals surface area contributed by atoms with Gasteiger partial charge in [-0.05, 0) is 12.5 Å². The first kappa shape index (κ1) is 10.4. The molecule has 0 bridgehead atoms. The van der Waals surface area contributed by atoms with Gasteiger partial charge < -0.3 is 9.88 Å². The van der Waals surface area contributed by atoms with Crippen molar-refractivity contribution in [3.05, 3.63) is 36.0 Å². The third-order valence-electron chi connectivity index (χ3n) is 4.02. The second-order valence-corrected chi connectivity index (χ2v) is 4.97. The number of aromatic nitrogens is 1. The molecule has 3 heterocycles. The van der Waals surface area contributed by atoms with Crippen molar-refractivity contribution in [2.75, 3.05) is 5.32 Å². The topological polar surface area (TPSA) is 57.8 Å². The average Bonchev–Trinajstić information content (AvgIpc) is 2.76. The first-order valence-corrected chi connectivity index (χ1v) is 6.31. The van der Waals surface area contributed by atoms with Crippen LogP contribution in [-0.2, 0) is 4.79 Å². The summed E-state index contributed by atoms with van der Waals surface area (Å²) in [5.41, 5.74) is 3.02. The van der Waals surface area contributed by atoms with E-state index < -0.39 is 5.92 Å². The fourth-order valence-electron chi connectivity index (χ4n) is 3.19. The maximum Gasteiger partial charge on any atom is 0.242 e. The molecule has 1 N–H and O–H groups in total. The molecule has 2 atom stereocenters. The minimum Gasteiger partial charge on any atom is -0.323 e. The molecule has 0 aliphatic carbocycles. The van der Waals surface area contributed by atoms with Crippen molar-refractivity contribution in [3.63, 3.8) is 0 Å².